The van der Waals surface area contributed by atoms with Crippen LogP contribution in [0.5, 0.6) is 0 Å². The molecule has 1 amide bonds. The lowest BCUT2D eigenvalue weighted by atomic mass is 10.2. The third-order valence-corrected chi connectivity index (χ3v) is 5.33. The Morgan fingerprint density at radius 1 is 0.958 bits per heavy atom. The fourth-order valence-corrected chi connectivity index (χ4v) is 3.95. The van der Waals surface area contributed by atoms with Crippen molar-refractivity contribution in [2.24, 2.45) is 0 Å². The van der Waals surface area contributed by atoms with Crippen LogP contribution in [0.3, 0.4) is 0 Å². The van der Waals surface area contributed by atoms with Gasteiger partial charge in [0, 0.05) is 21.7 Å². The monoisotopic (exact) mass is 352 g/mol. The molecule has 0 saturated carbocycles. The molecule has 24 heavy (non-hydrogen) atoms. The standard InChI is InChI=1S/C19H13ClN2OS/c20-13-8-10-15(11-9-13)24-17-16-7-4-12-21-18(16)22(19(17)23)14-5-2-1-3-6-14/h1-12,17H. The molecule has 2 heterocycles. The van der Waals surface area contributed by atoms with E-state index in [4.69, 9.17) is 11.6 Å². The van der Waals surface area contributed by atoms with Crippen LogP contribution < -0.4 is 4.90 Å². The molecule has 0 bridgehead atoms. The number of pyridine rings is 1. The highest BCUT2D eigenvalue weighted by Crippen LogP contribution is 2.48. The van der Waals surface area contributed by atoms with Crippen LogP contribution in [0.25, 0.3) is 0 Å². The van der Waals surface area contributed by atoms with Gasteiger partial charge in [-0.15, -0.1) is 11.8 Å². The van der Waals surface area contributed by atoms with Gasteiger partial charge in [-0.2, -0.15) is 0 Å². The largest absolute Gasteiger partial charge is 0.272 e. The first-order chi connectivity index (χ1) is 11.7. The second-order valence-electron chi connectivity index (χ2n) is 5.38. The predicted molar refractivity (Wildman–Crippen MR) is 97.9 cm³/mol. The van der Waals surface area contributed by atoms with E-state index in [9.17, 15) is 4.79 Å². The van der Waals surface area contributed by atoms with Crippen molar-refractivity contribution in [1.29, 1.82) is 0 Å². The number of nitrogens with zero attached hydrogens (tertiary/aromatic N) is 2. The molecule has 5 heteroatoms. The number of hydrogen-bond donors (Lipinski definition) is 0. The molecule has 1 aliphatic rings. The maximum atomic E-state index is 13.1. The lowest BCUT2D eigenvalue weighted by molar-refractivity contribution is -0.116. The van der Waals surface area contributed by atoms with Crippen LogP contribution in [0.15, 0.2) is 77.8 Å². The van der Waals surface area contributed by atoms with Crippen LogP contribution in [0.4, 0.5) is 11.5 Å². The van der Waals surface area contributed by atoms with E-state index in [1.807, 2.05) is 66.7 Å². The van der Waals surface area contributed by atoms with Gasteiger partial charge in [-0.05, 0) is 42.5 Å². The molecule has 0 fully saturated rings. The zero-order chi connectivity index (χ0) is 16.5. The van der Waals surface area contributed by atoms with Crippen LogP contribution in [-0.2, 0) is 4.79 Å². The Morgan fingerprint density at radius 3 is 2.46 bits per heavy atom. The number of halogens is 1. The molecule has 0 aliphatic carbocycles. The molecule has 2 aromatic carbocycles. The van der Waals surface area contributed by atoms with Crippen LogP contribution in [0.2, 0.25) is 5.02 Å². The van der Waals surface area contributed by atoms with Gasteiger partial charge in [0.2, 0.25) is 0 Å². The van der Waals surface area contributed by atoms with E-state index in [-0.39, 0.29) is 11.2 Å². The molecule has 4 rings (SSSR count). The van der Waals surface area contributed by atoms with E-state index < -0.39 is 0 Å². The number of carbonyl (C=O) groups excluding carboxylic acids is 1. The van der Waals surface area contributed by atoms with E-state index in [2.05, 4.69) is 4.98 Å². The van der Waals surface area contributed by atoms with Crippen molar-refractivity contribution in [3.05, 3.63) is 83.5 Å². The summed E-state index contributed by atoms with van der Waals surface area (Å²) in [6, 6.07) is 21.0. The highest BCUT2D eigenvalue weighted by Gasteiger charge is 2.39. The Bertz CT molecular complexity index is 883. The second-order valence-corrected chi connectivity index (χ2v) is 6.99. The Hall–Kier alpha value is -2.30. The normalized spacial score (nSPS) is 16.3. The lowest BCUT2D eigenvalue weighted by Crippen LogP contribution is -2.23. The average molecular weight is 353 g/mol. The van der Waals surface area contributed by atoms with Crippen molar-refractivity contribution in [1.82, 2.24) is 4.98 Å². The molecule has 0 spiro atoms. The first-order valence-corrected chi connectivity index (χ1v) is 8.76. The summed E-state index contributed by atoms with van der Waals surface area (Å²) in [4.78, 5) is 20.2. The zero-order valence-corrected chi connectivity index (χ0v) is 14.2. The number of anilines is 2. The van der Waals surface area contributed by atoms with Crippen molar-refractivity contribution in [2.45, 2.75) is 10.1 Å². The van der Waals surface area contributed by atoms with Crippen molar-refractivity contribution in [3.63, 3.8) is 0 Å². The van der Waals surface area contributed by atoms with Gasteiger partial charge in [0.05, 0.1) is 5.69 Å². The quantitative estimate of drug-likeness (QED) is 0.645. The van der Waals surface area contributed by atoms with Gasteiger partial charge in [-0.25, -0.2) is 4.98 Å². The maximum Gasteiger partial charge on any atom is 0.250 e. The molecule has 3 nitrogen and oxygen atoms in total. The van der Waals surface area contributed by atoms with E-state index in [1.54, 1.807) is 11.1 Å². The molecule has 1 aliphatic heterocycles. The van der Waals surface area contributed by atoms with Gasteiger partial charge >= 0.3 is 0 Å². The summed E-state index contributed by atoms with van der Waals surface area (Å²) in [5.41, 5.74) is 1.77. The molecular weight excluding hydrogens is 340 g/mol. The van der Waals surface area contributed by atoms with Gasteiger partial charge in [0.25, 0.3) is 5.91 Å². The van der Waals surface area contributed by atoms with Gasteiger partial charge in [0.1, 0.15) is 11.1 Å². The number of rotatable bonds is 3. The summed E-state index contributed by atoms with van der Waals surface area (Å²) in [5.74, 6) is 0.731. The minimum absolute atomic E-state index is 0.0230. The summed E-state index contributed by atoms with van der Waals surface area (Å²) in [6.45, 7) is 0. The molecule has 0 N–H and O–H groups in total. The topological polar surface area (TPSA) is 33.2 Å². The Labute approximate surface area is 149 Å². The van der Waals surface area contributed by atoms with Gasteiger partial charge < -0.3 is 0 Å². The van der Waals surface area contributed by atoms with Crippen molar-refractivity contribution in [2.75, 3.05) is 4.90 Å². The van der Waals surface area contributed by atoms with Gasteiger partial charge in [-0.1, -0.05) is 35.9 Å². The SMILES string of the molecule is O=C1C(Sc2ccc(Cl)cc2)c2cccnc2N1c1ccccc1. The Morgan fingerprint density at radius 2 is 1.71 bits per heavy atom. The molecule has 1 atom stereocenters. The van der Waals surface area contributed by atoms with Crippen LogP contribution in [0.1, 0.15) is 10.8 Å². The predicted octanol–water partition coefficient (Wildman–Crippen LogP) is 5.25. The smallest absolute Gasteiger partial charge is 0.250 e. The van der Waals surface area contributed by atoms with Crippen molar-refractivity contribution >= 4 is 40.8 Å². The fourth-order valence-electron chi connectivity index (χ4n) is 2.75. The zero-order valence-electron chi connectivity index (χ0n) is 12.6. The number of amides is 1. The van der Waals surface area contributed by atoms with Crippen LogP contribution >= 0.6 is 23.4 Å². The fraction of sp³-hybridized carbons (Fsp3) is 0.0526. The number of thioether (sulfide) groups is 1. The summed E-state index contributed by atoms with van der Waals surface area (Å²) < 4.78 is 0. The first kappa shape index (κ1) is 15.2. The molecule has 1 unspecified atom stereocenters. The van der Waals surface area contributed by atoms with Crippen LogP contribution in [-0.4, -0.2) is 10.9 Å². The highest BCUT2D eigenvalue weighted by molar-refractivity contribution is 8.00. The third-order valence-electron chi connectivity index (χ3n) is 3.84. The number of benzene rings is 2. The summed E-state index contributed by atoms with van der Waals surface area (Å²) in [7, 11) is 0. The summed E-state index contributed by atoms with van der Waals surface area (Å²) in [5, 5.41) is 0.375. The van der Waals surface area contributed by atoms with E-state index in [0.29, 0.717) is 10.8 Å². The molecular formula is C19H13ClN2OS. The minimum atomic E-state index is -0.310. The summed E-state index contributed by atoms with van der Waals surface area (Å²) in [6.07, 6.45) is 1.72. The number of fused-ring (bicyclic) bond motifs is 1. The van der Waals surface area contributed by atoms with Gasteiger partial charge in [-0.3, -0.25) is 9.69 Å². The molecule has 0 radical (unpaired) electrons. The van der Waals surface area contributed by atoms with Crippen molar-refractivity contribution < 1.29 is 4.79 Å². The third kappa shape index (κ3) is 2.68. The first-order valence-electron chi connectivity index (χ1n) is 7.50. The molecule has 0 saturated heterocycles. The second kappa shape index (κ2) is 6.30. The average Bonchev–Trinajstić information content (AvgIpc) is 2.90. The lowest BCUT2D eigenvalue weighted by Gasteiger charge is -2.16. The molecule has 118 valence electrons. The Balaban J connectivity index is 1.74. The number of hydrogen-bond acceptors (Lipinski definition) is 3. The summed E-state index contributed by atoms with van der Waals surface area (Å²) >= 11 is 7.47. The Kier molecular flexibility index (Phi) is 4.00. The number of carbonyl (C=O) groups is 1. The van der Waals surface area contributed by atoms with E-state index in [0.717, 1.165) is 16.1 Å². The maximum absolute atomic E-state index is 13.1. The minimum Gasteiger partial charge on any atom is -0.272 e. The van der Waals surface area contributed by atoms with Crippen molar-refractivity contribution in [3.8, 4) is 0 Å². The molecule has 3 aromatic rings. The van der Waals surface area contributed by atoms with Crippen LogP contribution in [0, 0.1) is 0 Å². The van der Waals surface area contributed by atoms with E-state index in [1.165, 1.54) is 11.8 Å². The highest BCUT2D eigenvalue weighted by atomic mass is 35.5. The van der Waals surface area contributed by atoms with Gasteiger partial charge in [0.15, 0.2) is 0 Å². The number of para-hydroxylation sites is 1. The number of aromatic nitrogens is 1. The molecule has 1 aromatic heterocycles. The van der Waals surface area contributed by atoms with E-state index >= 15 is 0 Å².